The molecular formula is C27H31N5O2. The smallest absolute Gasteiger partial charge is 0.225 e. The Labute approximate surface area is 201 Å². The van der Waals surface area contributed by atoms with Gasteiger partial charge in [0.1, 0.15) is 11.9 Å². The number of carbonyl (C=O) groups excluding carboxylic acids is 1. The molecule has 3 heterocycles. The van der Waals surface area contributed by atoms with Crippen LogP contribution in [-0.4, -0.2) is 60.2 Å². The van der Waals surface area contributed by atoms with Gasteiger partial charge >= 0.3 is 0 Å². The van der Waals surface area contributed by atoms with Crippen LogP contribution in [0.15, 0.2) is 31.0 Å². The van der Waals surface area contributed by atoms with Gasteiger partial charge in [-0.3, -0.25) is 9.78 Å². The Morgan fingerprint density at radius 1 is 1.29 bits per heavy atom. The van der Waals surface area contributed by atoms with E-state index in [0.717, 1.165) is 60.6 Å². The third-order valence-corrected chi connectivity index (χ3v) is 7.14. The topological polar surface area (TPSA) is 82.4 Å². The highest BCUT2D eigenvalue weighted by atomic mass is 16.5. The van der Waals surface area contributed by atoms with Crippen molar-refractivity contribution in [3.8, 4) is 17.2 Å². The number of nitriles is 1. The first-order valence-electron chi connectivity index (χ1n) is 12.2. The van der Waals surface area contributed by atoms with Crippen molar-refractivity contribution in [2.75, 3.05) is 38.3 Å². The molecule has 0 aromatic carbocycles. The van der Waals surface area contributed by atoms with Crippen LogP contribution in [0.25, 0.3) is 17.2 Å². The summed E-state index contributed by atoms with van der Waals surface area (Å²) in [6.07, 6.45) is 8.49. The van der Waals surface area contributed by atoms with Crippen LogP contribution in [0.4, 0.5) is 5.82 Å². The maximum absolute atomic E-state index is 12.8. The molecule has 2 aromatic rings. The lowest BCUT2D eigenvalue weighted by Gasteiger charge is -2.42. The van der Waals surface area contributed by atoms with Crippen LogP contribution in [-0.2, 0) is 9.53 Å². The van der Waals surface area contributed by atoms with E-state index in [1.807, 2.05) is 23.1 Å². The number of amides is 1. The first-order chi connectivity index (χ1) is 16.6. The molecular weight excluding hydrogens is 426 g/mol. The third kappa shape index (κ3) is 4.55. The first kappa shape index (κ1) is 22.5. The summed E-state index contributed by atoms with van der Waals surface area (Å²) < 4.78 is 5.13. The van der Waals surface area contributed by atoms with Crippen LogP contribution in [0.1, 0.15) is 55.0 Å². The number of hydrogen-bond acceptors (Lipinski definition) is 6. The Bertz CT molecular complexity index is 1130. The van der Waals surface area contributed by atoms with Crippen LogP contribution in [0.2, 0.25) is 0 Å². The van der Waals surface area contributed by atoms with Gasteiger partial charge in [-0.25, -0.2) is 4.98 Å². The number of rotatable bonds is 8. The second-order valence-electron chi connectivity index (χ2n) is 9.53. The lowest BCUT2D eigenvalue weighted by Crippen LogP contribution is -2.56. The highest BCUT2D eigenvalue weighted by Crippen LogP contribution is 2.45. The molecule has 1 aliphatic heterocycles. The number of pyridine rings is 2. The number of methoxy groups -OCH3 is 1. The summed E-state index contributed by atoms with van der Waals surface area (Å²) in [4.78, 5) is 26.6. The zero-order valence-electron chi connectivity index (χ0n) is 19.7. The molecule has 5 rings (SSSR count). The second kappa shape index (κ2) is 9.55. The summed E-state index contributed by atoms with van der Waals surface area (Å²) in [7, 11) is 1.63. The number of carbonyl (C=O) groups is 1. The molecule has 0 spiro atoms. The van der Waals surface area contributed by atoms with Crippen LogP contribution in [0.5, 0.6) is 0 Å². The average molecular weight is 458 g/mol. The SMILES string of the molecule is C=Cc1cc(-c2cc(C#N)c(N3CCN(C(=O)CCOC)[C@H](C4CC4)C3)nc2C2CC2)ccn1. The highest BCUT2D eigenvalue weighted by molar-refractivity contribution is 5.77. The molecule has 2 saturated carbocycles. The molecule has 3 fully saturated rings. The van der Waals surface area contributed by atoms with Crippen molar-refractivity contribution in [1.29, 1.82) is 5.26 Å². The molecule has 2 aromatic heterocycles. The Kier molecular flexibility index (Phi) is 6.34. The number of hydrogen-bond donors (Lipinski definition) is 0. The van der Waals surface area contributed by atoms with Gasteiger partial charge in [-0.1, -0.05) is 6.58 Å². The van der Waals surface area contributed by atoms with Crippen molar-refractivity contribution >= 4 is 17.8 Å². The molecule has 2 aliphatic carbocycles. The van der Waals surface area contributed by atoms with Crippen LogP contribution in [0, 0.1) is 17.2 Å². The third-order valence-electron chi connectivity index (χ3n) is 7.14. The van der Waals surface area contributed by atoms with E-state index in [1.54, 1.807) is 19.4 Å². The fraction of sp³-hybridized carbons (Fsp3) is 0.481. The molecule has 34 heavy (non-hydrogen) atoms. The summed E-state index contributed by atoms with van der Waals surface area (Å²) >= 11 is 0. The van der Waals surface area contributed by atoms with Crippen molar-refractivity contribution in [3.63, 3.8) is 0 Å². The van der Waals surface area contributed by atoms with Gasteiger partial charge in [0.15, 0.2) is 0 Å². The molecule has 0 unspecified atom stereocenters. The molecule has 176 valence electrons. The van der Waals surface area contributed by atoms with E-state index in [-0.39, 0.29) is 11.9 Å². The summed E-state index contributed by atoms with van der Waals surface area (Å²) in [6.45, 7) is 6.35. The van der Waals surface area contributed by atoms with Gasteiger partial charge in [0, 0.05) is 44.4 Å². The summed E-state index contributed by atoms with van der Waals surface area (Å²) in [5.41, 5.74) is 4.50. The van der Waals surface area contributed by atoms with Gasteiger partial charge < -0.3 is 14.5 Å². The molecule has 3 aliphatic rings. The zero-order valence-corrected chi connectivity index (χ0v) is 19.7. The van der Waals surface area contributed by atoms with E-state index in [1.165, 1.54) is 0 Å². The highest BCUT2D eigenvalue weighted by Gasteiger charge is 2.41. The fourth-order valence-electron chi connectivity index (χ4n) is 5.00. The van der Waals surface area contributed by atoms with E-state index in [4.69, 9.17) is 9.72 Å². The average Bonchev–Trinajstić information content (AvgIpc) is 3.79. The monoisotopic (exact) mass is 457 g/mol. The van der Waals surface area contributed by atoms with Crippen LogP contribution >= 0.6 is 0 Å². The Hall–Kier alpha value is -3.24. The predicted octanol–water partition coefficient (Wildman–Crippen LogP) is 4.00. The largest absolute Gasteiger partial charge is 0.384 e. The quantitative estimate of drug-likeness (QED) is 0.596. The standard InChI is InChI=1S/C27H31N5O2/c1-3-22-14-20(8-10-29-22)23-15-21(16-28)27(30-26(23)19-6-7-19)31-11-12-32(25(33)9-13-34-2)24(17-31)18-4-5-18/h3,8,10,14-15,18-19,24H,1,4-7,9,11-13,17H2,2H3/t24-/m0/s1. The van der Waals surface area contributed by atoms with Gasteiger partial charge in [0.25, 0.3) is 0 Å². The molecule has 7 heteroatoms. The molecule has 1 atom stereocenters. The Morgan fingerprint density at radius 2 is 2.12 bits per heavy atom. The van der Waals surface area contributed by atoms with E-state index >= 15 is 0 Å². The lowest BCUT2D eigenvalue weighted by atomic mass is 9.98. The van der Waals surface area contributed by atoms with Gasteiger partial charge in [0.05, 0.1) is 36.0 Å². The molecule has 1 amide bonds. The minimum atomic E-state index is 0.164. The van der Waals surface area contributed by atoms with Crippen molar-refractivity contribution in [2.45, 2.75) is 44.1 Å². The van der Waals surface area contributed by atoms with E-state index < -0.39 is 0 Å². The number of anilines is 1. The minimum Gasteiger partial charge on any atom is -0.384 e. The van der Waals surface area contributed by atoms with Crippen molar-refractivity contribution in [1.82, 2.24) is 14.9 Å². The molecule has 7 nitrogen and oxygen atoms in total. The maximum Gasteiger partial charge on any atom is 0.225 e. The van der Waals surface area contributed by atoms with Gasteiger partial charge in [-0.15, -0.1) is 0 Å². The second-order valence-corrected chi connectivity index (χ2v) is 9.53. The number of aromatic nitrogens is 2. The van der Waals surface area contributed by atoms with Crippen molar-refractivity contribution in [2.24, 2.45) is 5.92 Å². The zero-order chi connectivity index (χ0) is 23.7. The van der Waals surface area contributed by atoms with Crippen molar-refractivity contribution < 1.29 is 9.53 Å². The molecule has 0 bridgehead atoms. The normalized spacial score (nSPS) is 20.2. The first-order valence-corrected chi connectivity index (χ1v) is 12.2. The van der Waals surface area contributed by atoms with Crippen molar-refractivity contribution in [3.05, 3.63) is 47.9 Å². The van der Waals surface area contributed by atoms with Crippen LogP contribution in [0.3, 0.4) is 0 Å². The number of ether oxygens (including phenoxy) is 1. The Balaban J connectivity index is 1.47. The fourth-order valence-corrected chi connectivity index (χ4v) is 5.00. The Morgan fingerprint density at radius 3 is 2.79 bits per heavy atom. The molecule has 0 radical (unpaired) electrons. The summed E-state index contributed by atoms with van der Waals surface area (Å²) in [5.74, 6) is 1.89. The van der Waals surface area contributed by atoms with Gasteiger partial charge in [-0.2, -0.15) is 5.26 Å². The summed E-state index contributed by atoms with van der Waals surface area (Å²) in [6, 6.07) is 8.56. The van der Waals surface area contributed by atoms with E-state index in [2.05, 4.69) is 22.5 Å². The van der Waals surface area contributed by atoms with E-state index in [9.17, 15) is 10.1 Å². The minimum absolute atomic E-state index is 0.164. The van der Waals surface area contributed by atoms with Gasteiger partial charge in [0.2, 0.25) is 5.91 Å². The number of piperazine rings is 1. The van der Waals surface area contributed by atoms with Gasteiger partial charge in [-0.05, 0) is 61.4 Å². The maximum atomic E-state index is 12.8. The molecule has 0 N–H and O–H groups in total. The number of nitrogens with zero attached hydrogens (tertiary/aromatic N) is 5. The summed E-state index contributed by atoms with van der Waals surface area (Å²) in [5, 5.41) is 10.1. The lowest BCUT2D eigenvalue weighted by molar-refractivity contribution is -0.135. The molecule has 1 saturated heterocycles. The predicted molar refractivity (Wildman–Crippen MR) is 131 cm³/mol. The van der Waals surface area contributed by atoms with Crippen LogP contribution < -0.4 is 4.90 Å². The van der Waals surface area contributed by atoms with E-state index in [0.29, 0.717) is 43.5 Å².